The zero-order valence-electron chi connectivity index (χ0n) is 13.3. The molecule has 124 valence electrons. The first-order valence-electron chi connectivity index (χ1n) is 7.64. The molecule has 0 saturated heterocycles. The molecule has 0 radical (unpaired) electrons. The van der Waals surface area contributed by atoms with Crippen molar-refractivity contribution >= 4 is 23.2 Å². The Morgan fingerprint density at radius 1 is 1.29 bits per heavy atom. The van der Waals surface area contributed by atoms with Crippen molar-refractivity contribution in [3.05, 3.63) is 48.0 Å². The largest absolute Gasteiger partial charge is 0.495 e. The molecular weight excluding hydrogens is 308 g/mol. The van der Waals surface area contributed by atoms with Crippen molar-refractivity contribution in [3.63, 3.8) is 0 Å². The highest BCUT2D eigenvalue weighted by atomic mass is 16.5. The van der Waals surface area contributed by atoms with Crippen molar-refractivity contribution in [1.29, 1.82) is 0 Å². The second kappa shape index (κ2) is 7.04. The first-order chi connectivity index (χ1) is 11.7. The highest BCUT2D eigenvalue weighted by Crippen LogP contribution is 2.29. The quantitative estimate of drug-likeness (QED) is 0.885. The number of carbonyl (C=O) groups excluding carboxylic acids is 2. The van der Waals surface area contributed by atoms with Gasteiger partial charge in [-0.15, -0.1) is 0 Å². The lowest BCUT2D eigenvalue weighted by molar-refractivity contribution is -0.118. The molecule has 3 rings (SSSR count). The smallest absolute Gasteiger partial charge is 0.262 e. The van der Waals surface area contributed by atoms with Gasteiger partial charge in [0, 0.05) is 6.42 Å². The number of aryl methyl sites for hydroxylation is 1. The van der Waals surface area contributed by atoms with Gasteiger partial charge in [0.1, 0.15) is 11.5 Å². The average molecular weight is 326 g/mol. The summed E-state index contributed by atoms with van der Waals surface area (Å²) in [5.74, 6) is 1.00. The van der Waals surface area contributed by atoms with Crippen molar-refractivity contribution in [1.82, 2.24) is 0 Å². The maximum Gasteiger partial charge on any atom is 0.262 e. The number of nitrogens with one attached hydrogen (secondary N) is 2. The summed E-state index contributed by atoms with van der Waals surface area (Å²) in [5.41, 5.74) is 2.25. The number of para-hydroxylation sites is 2. The molecule has 2 N–H and O–H groups in total. The Morgan fingerprint density at radius 2 is 2.12 bits per heavy atom. The summed E-state index contributed by atoms with van der Waals surface area (Å²) in [7, 11) is 1.56. The van der Waals surface area contributed by atoms with Crippen molar-refractivity contribution < 1.29 is 19.1 Å². The molecule has 6 nitrogen and oxygen atoms in total. The van der Waals surface area contributed by atoms with Crippen LogP contribution in [-0.4, -0.2) is 25.5 Å². The SMILES string of the molecule is COc1ccccc1NC(=O)CCc1ccc2c(c1)NC(=O)CO2. The third-order valence-electron chi connectivity index (χ3n) is 3.70. The number of hydrogen-bond donors (Lipinski definition) is 2. The van der Waals surface area contributed by atoms with E-state index in [9.17, 15) is 9.59 Å². The summed E-state index contributed by atoms with van der Waals surface area (Å²) < 4.78 is 10.5. The molecule has 0 aliphatic carbocycles. The minimum Gasteiger partial charge on any atom is -0.495 e. The predicted octanol–water partition coefficient (Wildman–Crippen LogP) is 2.60. The van der Waals surface area contributed by atoms with E-state index in [4.69, 9.17) is 9.47 Å². The fourth-order valence-corrected chi connectivity index (χ4v) is 2.50. The Bertz CT molecular complexity index is 773. The van der Waals surface area contributed by atoms with Gasteiger partial charge < -0.3 is 20.1 Å². The van der Waals surface area contributed by atoms with Crippen molar-refractivity contribution in [3.8, 4) is 11.5 Å². The summed E-state index contributed by atoms with van der Waals surface area (Å²) in [4.78, 5) is 23.5. The molecule has 1 aliphatic rings. The first kappa shape index (κ1) is 15.9. The van der Waals surface area contributed by atoms with Gasteiger partial charge in [0.25, 0.3) is 5.91 Å². The summed E-state index contributed by atoms with van der Waals surface area (Å²) >= 11 is 0. The lowest BCUT2D eigenvalue weighted by atomic mass is 10.1. The number of fused-ring (bicyclic) bond motifs is 1. The summed E-state index contributed by atoms with van der Waals surface area (Å²) in [6, 6.07) is 12.8. The number of carbonyl (C=O) groups is 2. The maximum absolute atomic E-state index is 12.1. The van der Waals surface area contributed by atoms with Gasteiger partial charge in [0.15, 0.2) is 6.61 Å². The van der Waals surface area contributed by atoms with Crippen molar-refractivity contribution in [2.24, 2.45) is 0 Å². The van der Waals surface area contributed by atoms with Crippen LogP contribution in [0.2, 0.25) is 0 Å². The van der Waals surface area contributed by atoms with Gasteiger partial charge in [-0.3, -0.25) is 9.59 Å². The molecule has 6 heteroatoms. The lowest BCUT2D eigenvalue weighted by Gasteiger charge is -2.18. The highest BCUT2D eigenvalue weighted by molar-refractivity contribution is 5.95. The normalized spacial score (nSPS) is 12.6. The Kier molecular flexibility index (Phi) is 4.65. The third kappa shape index (κ3) is 3.65. The van der Waals surface area contributed by atoms with Crippen LogP contribution in [0.15, 0.2) is 42.5 Å². The fourth-order valence-electron chi connectivity index (χ4n) is 2.50. The molecule has 0 bridgehead atoms. The second-order valence-electron chi connectivity index (χ2n) is 5.42. The van der Waals surface area contributed by atoms with Crippen LogP contribution in [0.3, 0.4) is 0 Å². The minimum atomic E-state index is -0.173. The number of hydrogen-bond acceptors (Lipinski definition) is 4. The van der Waals surface area contributed by atoms with E-state index in [1.54, 1.807) is 19.2 Å². The summed E-state index contributed by atoms with van der Waals surface area (Å²) in [6.07, 6.45) is 0.885. The van der Waals surface area contributed by atoms with Gasteiger partial charge in [-0.2, -0.15) is 0 Å². The molecule has 0 fully saturated rings. The molecule has 2 aromatic carbocycles. The molecule has 2 aromatic rings. The van der Waals surface area contributed by atoms with Gasteiger partial charge in [-0.1, -0.05) is 18.2 Å². The van der Waals surface area contributed by atoms with Crippen LogP contribution in [0.5, 0.6) is 11.5 Å². The molecule has 0 aromatic heterocycles. The number of anilines is 2. The first-order valence-corrected chi connectivity index (χ1v) is 7.64. The molecule has 0 unspecified atom stereocenters. The summed E-state index contributed by atoms with van der Waals surface area (Å²) in [6.45, 7) is 0.0354. The topological polar surface area (TPSA) is 76.7 Å². The number of rotatable bonds is 5. The predicted molar refractivity (Wildman–Crippen MR) is 90.5 cm³/mol. The van der Waals surface area contributed by atoms with E-state index in [1.807, 2.05) is 30.3 Å². The molecule has 0 atom stereocenters. The van der Waals surface area contributed by atoms with Crippen molar-refractivity contribution in [2.45, 2.75) is 12.8 Å². The van der Waals surface area contributed by atoms with Crippen LogP contribution in [0, 0.1) is 0 Å². The van der Waals surface area contributed by atoms with E-state index in [-0.39, 0.29) is 18.4 Å². The van der Waals surface area contributed by atoms with Crippen LogP contribution in [0.25, 0.3) is 0 Å². The Labute approximate surface area is 139 Å². The number of ether oxygens (including phenoxy) is 2. The average Bonchev–Trinajstić information content (AvgIpc) is 2.60. The van der Waals surface area contributed by atoms with E-state index in [2.05, 4.69) is 10.6 Å². The molecule has 24 heavy (non-hydrogen) atoms. The molecule has 2 amide bonds. The van der Waals surface area contributed by atoms with E-state index in [1.165, 1.54) is 0 Å². The van der Waals surface area contributed by atoms with Crippen LogP contribution in [0.4, 0.5) is 11.4 Å². The van der Waals surface area contributed by atoms with Crippen LogP contribution < -0.4 is 20.1 Å². The fraction of sp³-hybridized carbons (Fsp3) is 0.222. The van der Waals surface area contributed by atoms with Gasteiger partial charge in [0.05, 0.1) is 18.5 Å². The molecule has 1 aliphatic heterocycles. The van der Waals surface area contributed by atoms with E-state index >= 15 is 0 Å². The molecule has 0 saturated carbocycles. The van der Waals surface area contributed by atoms with E-state index in [0.717, 1.165) is 5.56 Å². The number of amides is 2. The number of methoxy groups -OCH3 is 1. The van der Waals surface area contributed by atoms with E-state index < -0.39 is 0 Å². The van der Waals surface area contributed by atoms with Gasteiger partial charge in [-0.05, 0) is 36.2 Å². The zero-order chi connectivity index (χ0) is 16.9. The molecule has 0 spiro atoms. The van der Waals surface area contributed by atoms with Gasteiger partial charge in [0.2, 0.25) is 5.91 Å². The minimum absolute atomic E-state index is 0.0354. The highest BCUT2D eigenvalue weighted by Gasteiger charge is 2.16. The van der Waals surface area contributed by atoms with Gasteiger partial charge in [-0.25, -0.2) is 0 Å². The Balaban J connectivity index is 1.60. The monoisotopic (exact) mass is 326 g/mol. The Morgan fingerprint density at radius 3 is 2.96 bits per heavy atom. The van der Waals surface area contributed by atoms with E-state index in [0.29, 0.717) is 35.7 Å². The van der Waals surface area contributed by atoms with Crippen LogP contribution >= 0.6 is 0 Å². The maximum atomic E-state index is 12.1. The summed E-state index contributed by atoms with van der Waals surface area (Å²) in [5, 5.41) is 5.60. The van der Waals surface area contributed by atoms with Gasteiger partial charge >= 0.3 is 0 Å². The van der Waals surface area contributed by atoms with Crippen LogP contribution in [0.1, 0.15) is 12.0 Å². The third-order valence-corrected chi connectivity index (χ3v) is 3.70. The molecular formula is C18H18N2O4. The number of benzene rings is 2. The zero-order valence-corrected chi connectivity index (χ0v) is 13.3. The Hall–Kier alpha value is -3.02. The lowest BCUT2D eigenvalue weighted by Crippen LogP contribution is -2.25. The molecule has 1 heterocycles. The van der Waals surface area contributed by atoms with Crippen molar-refractivity contribution in [2.75, 3.05) is 24.4 Å². The van der Waals surface area contributed by atoms with Crippen LogP contribution in [-0.2, 0) is 16.0 Å². The second-order valence-corrected chi connectivity index (χ2v) is 5.42. The standard InChI is InChI=1S/C18H18N2O4/c1-23-15-5-3-2-4-13(15)19-17(21)9-7-12-6-8-16-14(10-12)20-18(22)11-24-16/h2-6,8,10H,7,9,11H2,1H3,(H,19,21)(H,20,22).